The summed E-state index contributed by atoms with van der Waals surface area (Å²) in [7, 11) is 1.74. The van der Waals surface area contributed by atoms with Gasteiger partial charge in [-0.1, -0.05) is 23.4 Å². The van der Waals surface area contributed by atoms with Crippen LogP contribution in [0.4, 0.5) is 10.6 Å². The molecule has 0 aliphatic heterocycles. The Morgan fingerprint density at radius 2 is 2.11 bits per heavy atom. The number of carbonyl (C=O) groups excluding carboxylic acids is 1. The first-order chi connectivity index (χ1) is 9.04. The average molecular weight is 259 g/mol. The molecular weight excluding hydrogens is 242 g/mol. The molecule has 0 radical (unpaired) electrons. The quantitative estimate of drug-likeness (QED) is 0.882. The lowest BCUT2D eigenvalue weighted by atomic mass is 10.1. The van der Waals surface area contributed by atoms with Crippen molar-refractivity contribution in [3.8, 4) is 0 Å². The first kappa shape index (κ1) is 13.1. The fourth-order valence-electron chi connectivity index (χ4n) is 1.66. The van der Waals surface area contributed by atoms with Gasteiger partial charge in [-0.2, -0.15) is 0 Å². The Labute approximate surface area is 111 Å². The highest BCUT2D eigenvalue weighted by Crippen LogP contribution is 2.09. The van der Waals surface area contributed by atoms with E-state index < -0.39 is 0 Å². The molecule has 0 bridgehead atoms. The summed E-state index contributed by atoms with van der Waals surface area (Å²) in [5, 5.41) is 12.9. The Morgan fingerprint density at radius 1 is 1.32 bits per heavy atom. The van der Waals surface area contributed by atoms with Gasteiger partial charge >= 0.3 is 6.03 Å². The van der Waals surface area contributed by atoms with Crippen molar-refractivity contribution in [1.29, 1.82) is 0 Å². The van der Waals surface area contributed by atoms with Gasteiger partial charge in [-0.05, 0) is 30.5 Å². The van der Waals surface area contributed by atoms with Crippen LogP contribution in [-0.2, 0) is 13.6 Å². The summed E-state index contributed by atoms with van der Waals surface area (Å²) in [5.41, 5.74) is 3.53. The van der Waals surface area contributed by atoms with E-state index in [0.717, 1.165) is 5.56 Å². The van der Waals surface area contributed by atoms with Crippen molar-refractivity contribution >= 4 is 11.8 Å². The van der Waals surface area contributed by atoms with Gasteiger partial charge in [-0.15, -0.1) is 5.10 Å². The second kappa shape index (κ2) is 5.51. The van der Waals surface area contributed by atoms with Gasteiger partial charge in [0.1, 0.15) is 0 Å². The predicted molar refractivity (Wildman–Crippen MR) is 72.8 cm³/mol. The number of aromatic nitrogens is 3. The lowest BCUT2D eigenvalue weighted by molar-refractivity contribution is 0.251. The summed E-state index contributed by atoms with van der Waals surface area (Å²) < 4.78 is 1.53. The Morgan fingerprint density at radius 3 is 2.74 bits per heavy atom. The minimum Gasteiger partial charge on any atom is -0.334 e. The monoisotopic (exact) mass is 259 g/mol. The highest BCUT2D eigenvalue weighted by Gasteiger charge is 2.04. The van der Waals surface area contributed by atoms with Crippen molar-refractivity contribution < 1.29 is 4.79 Å². The average Bonchev–Trinajstić information content (AvgIpc) is 2.76. The third-order valence-corrected chi connectivity index (χ3v) is 2.87. The molecule has 0 spiro atoms. The van der Waals surface area contributed by atoms with Crippen molar-refractivity contribution in [3.63, 3.8) is 0 Å². The Kier molecular flexibility index (Phi) is 3.79. The fraction of sp³-hybridized carbons (Fsp3) is 0.308. The van der Waals surface area contributed by atoms with E-state index in [-0.39, 0.29) is 6.03 Å². The van der Waals surface area contributed by atoms with Crippen LogP contribution in [0, 0.1) is 13.8 Å². The second-order valence-corrected chi connectivity index (χ2v) is 4.50. The van der Waals surface area contributed by atoms with Crippen molar-refractivity contribution in [2.45, 2.75) is 20.4 Å². The third kappa shape index (κ3) is 3.54. The highest BCUT2D eigenvalue weighted by atomic mass is 16.2. The molecule has 2 N–H and O–H groups in total. The molecule has 1 heterocycles. The molecule has 1 aromatic heterocycles. The summed E-state index contributed by atoms with van der Waals surface area (Å²) in [6, 6.07) is 5.83. The number of nitrogens with zero attached hydrogens (tertiary/aromatic N) is 3. The number of rotatable bonds is 3. The molecule has 100 valence electrons. The standard InChI is InChI=1S/C13H17N5O/c1-9-4-5-11(6-10(9)2)7-14-13(19)15-12-8-18(3)17-16-12/h4-6,8H,7H2,1-3H3,(H2,14,15,19). The van der Waals surface area contributed by atoms with Crippen molar-refractivity contribution in [1.82, 2.24) is 20.3 Å². The molecule has 0 fully saturated rings. The smallest absolute Gasteiger partial charge is 0.320 e. The molecule has 2 amide bonds. The summed E-state index contributed by atoms with van der Waals surface area (Å²) in [4.78, 5) is 11.6. The van der Waals surface area contributed by atoms with Crippen LogP contribution in [0.1, 0.15) is 16.7 Å². The maximum atomic E-state index is 11.6. The molecule has 1 aromatic carbocycles. The van der Waals surface area contributed by atoms with Gasteiger partial charge in [-0.3, -0.25) is 10.00 Å². The lowest BCUT2D eigenvalue weighted by Crippen LogP contribution is -2.28. The number of amides is 2. The molecule has 19 heavy (non-hydrogen) atoms. The number of carbonyl (C=O) groups is 1. The molecule has 0 atom stereocenters. The third-order valence-electron chi connectivity index (χ3n) is 2.87. The number of nitrogens with one attached hydrogen (secondary N) is 2. The van der Waals surface area contributed by atoms with Crippen molar-refractivity contribution in [2.75, 3.05) is 5.32 Å². The van der Waals surface area contributed by atoms with E-state index in [1.807, 2.05) is 12.1 Å². The van der Waals surface area contributed by atoms with Gasteiger partial charge in [0.2, 0.25) is 0 Å². The number of urea groups is 1. The van der Waals surface area contributed by atoms with Gasteiger partial charge in [0.05, 0.1) is 6.20 Å². The Balaban J connectivity index is 1.88. The molecule has 0 aliphatic rings. The maximum Gasteiger partial charge on any atom is 0.320 e. The van der Waals surface area contributed by atoms with E-state index in [4.69, 9.17) is 0 Å². The van der Waals surface area contributed by atoms with E-state index in [1.165, 1.54) is 15.8 Å². The molecule has 6 nitrogen and oxygen atoms in total. The van der Waals surface area contributed by atoms with Crippen molar-refractivity contribution in [2.24, 2.45) is 7.05 Å². The number of benzene rings is 1. The van der Waals surface area contributed by atoms with Gasteiger partial charge in [0, 0.05) is 13.6 Å². The van der Waals surface area contributed by atoms with Crippen LogP contribution in [0.3, 0.4) is 0 Å². The zero-order valence-electron chi connectivity index (χ0n) is 11.3. The van der Waals surface area contributed by atoms with E-state index in [2.05, 4.69) is 40.9 Å². The molecule has 0 aliphatic carbocycles. The Bertz CT molecular complexity index is 590. The lowest BCUT2D eigenvalue weighted by Gasteiger charge is -2.07. The minimum atomic E-state index is -0.293. The largest absolute Gasteiger partial charge is 0.334 e. The first-order valence-corrected chi connectivity index (χ1v) is 6.02. The number of hydrogen-bond donors (Lipinski definition) is 2. The SMILES string of the molecule is Cc1ccc(CNC(=O)Nc2cn(C)nn2)cc1C. The maximum absolute atomic E-state index is 11.6. The highest BCUT2D eigenvalue weighted by molar-refractivity contribution is 5.87. The van der Waals surface area contributed by atoms with Crippen LogP contribution < -0.4 is 10.6 Å². The van der Waals surface area contributed by atoms with E-state index >= 15 is 0 Å². The van der Waals surface area contributed by atoms with Crippen LogP contribution in [0.5, 0.6) is 0 Å². The van der Waals surface area contributed by atoms with Gasteiger partial charge in [0.25, 0.3) is 0 Å². The number of hydrogen-bond acceptors (Lipinski definition) is 3. The molecule has 0 unspecified atom stereocenters. The predicted octanol–water partition coefficient (Wildman–Crippen LogP) is 1.75. The fourth-order valence-corrected chi connectivity index (χ4v) is 1.66. The van der Waals surface area contributed by atoms with Crippen LogP contribution in [-0.4, -0.2) is 21.0 Å². The van der Waals surface area contributed by atoms with Gasteiger partial charge < -0.3 is 5.32 Å². The second-order valence-electron chi connectivity index (χ2n) is 4.50. The molecule has 0 saturated carbocycles. The first-order valence-electron chi connectivity index (χ1n) is 6.02. The Hall–Kier alpha value is -2.37. The van der Waals surface area contributed by atoms with Crippen LogP contribution in [0.15, 0.2) is 24.4 Å². The number of anilines is 1. The summed E-state index contributed by atoms with van der Waals surface area (Å²) >= 11 is 0. The molecular formula is C13H17N5O. The van der Waals surface area contributed by atoms with E-state index in [1.54, 1.807) is 13.2 Å². The van der Waals surface area contributed by atoms with Crippen molar-refractivity contribution in [3.05, 3.63) is 41.1 Å². The summed E-state index contributed by atoms with van der Waals surface area (Å²) in [6.45, 7) is 4.60. The normalized spacial score (nSPS) is 10.3. The molecule has 6 heteroatoms. The minimum absolute atomic E-state index is 0.293. The van der Waals surface area contributed by atoms with Crippen LogP contribution in [0.25, 0.3) is 0 Å². The van der Waals surface area contributed by atoms with Crippen LogP contribution >= 0.6 is 0 Å². The summed E-state index contributed by atoms with van der Waals surface area (Å²) in [6.07, 6.45) is 1.63. The van der Waals surface area contributed by atoms with E-state index in [9.17, 15) is 4.79 Å². The van der Waals surface area contributed by atoms with E-state index in [0.29, 0.717) is 12.4 Å². The van der Waals surface area contributed by atoms with Gasteiger partial charge in [0.15, 0.2) is 5.82 Å². The topological polar surface area (TPSA) is 71.8 Å². The number of aryl methyl sites for hydroxylation is 3. The van der Waals surface area contributed by atoms with Crippen LogP contribution in [0.2, 0.25) is 0 Å². The molecule has 2 aromatic rings. The zero-order chi connectivity index (χ0) is 13.8. The zero-order valence-corrected chi connectivity index (χ0v) is 11.3. The van der Waals surface area contributed by atoms with Gasteiger partial charge in [-0.25, -0.2) is 4.79 Å². The molecule has 2 rings (SSSR count). The summed E-state index contributed by atoms with van der Waals surface area (Å²) in [5.74, 6) is 0.431. The molecule has 0 saturated heterocycles.